The lowest BCUT2D eigenvalue weighted by atomic mass is 10.1. The standard InChI is InChI=1S/C13H24N4O2/c1-9(2)5-7-19-8-6-14-13(18)12-15-11(10(3)4)16-17-12/h9-10H,5-8H2,1-4H3,(H,14,18)(H,15,16,17). The Balaban J connectivity index is 2.20. The zero-order valence-electron chi connectivity index (χ0n) is 12.2. The number of nitrogens with one attached hydrogen (secondary N) is 2. The monoisotopic (exact) mass is 268 g/mol. The van der Waals surface area contributed by atoms with Gasteiger partial charge in [-0.2, -0.15) is 0 Å². The van der Waals surface area contributed by atoms with Crippen LogP contribution in [-0.4, -0.2) is 40.8 Å². The van der Waals surface area contributed by atoms with Gasteiger partial charge in [-0.1, -0.05) is 27.7 Å². The first kappa shape index (κ1) is 15.6. The first-order valence-corrected chi connectivity index (χ1v) is 6.79. The van der Waals surface area contributed by atoms with Crippen LogP contribution < -0.4 is 5.32 Å². The lowest BCUT2D eigenvalue weighted by Gasteiger charge is -2.06. The number of hydrogen-bond donors (Lipinski definition) is 2. The summed E-state index contributed by atoms with van der Waals surface area (Å²) < 4.78 is 5.41. The number of ether oxygens (including phenoxy) is 1. The molecule has 0 spiro atoms. The Labute approximate surface area is 114 Å². The molecule has 6 heteroatoms. The van der Waals surface area contributed by atoms with Crippen molar-refractivity contribution in [2.24, 2.45) is 5.92 Å². The second-order valence-electron chi connectivity index (χ2n) is 5.25. The first-order chi connectivity index (χ1) is 9.00. The van der Waals surface area contributed by atoms with E-state index in [-0.39, 0.29) is 17.6 Å². The van der Waals surface area contributed by atoms with E-state index in [9.17, 15) is 4.79 Å². The number of rotatable bonds is 8. The highest BCUT2D eigenvalue weighted by Gasteiger charge is 2.13. The number of aromatic nitrogens is 3. The second kappa shape index (κ2) is 7.89. The summed E-state index contributed by atoms with van der Waals surface area (Å²) in [5.74, 6) is 1.51. The van der Waals surface area contributed by atoms with Crippen LogP contribution in [-0.2, 0) is 4.74 Å². The van der Waals surface area contributed by atoms with Gasteiger partial charge in [0.15, 0.2) is 0 Å². The molecule has 19 heavy (non-hydrogen) atoms. The summed E-state index contributed by atoms with van der Waals surface area (Å²) in [6.45, 7) is 10.0. The highest BCUT2D eigenvalue weighted by atomic mass is 16.5. The molecule has 0 fully saturated rings. The van der Waals surface area contributed by atoms with Gasteiger partial charge in [-0.15, -0.1) is 5.10 Å². The van der Waals surface area contributed by atoms with Crippen LogP contribution in [0.25, 0.3) is 0 Å². The van der Waals surface area contributed by atoms with Gasteiger partial charge in [-0.3, -0.25) is 9.89 Å². The zero-order chi connectivity index (χ0) is 14.3. The molecule has 1 rings (SSSR count). The predicted octanol–water partition coefficient (Wildman–Crippen LogP) is 1.72. The Bertz CT molecular complexity index is 388. The molecule has 6 nitrogen and oxygen atoms in total. The van der Waals surface area contributed by atoms with Crippen molar-refractivity contribution >= 4 is 5.91 Å². The van der Waals surface area contributed by atoms with E-state index < -0.39 is 0 Å². The maximum atomic E-state index is 11.7. The van der Waals surface area contributed by atoms with E-state index in [1.165, 1.54) is 0 Å². The van der Waals surface area contributed by atoms with Gasteiger partial charge < -0.3 is 10.1 Å². The molecule has 0 saturated carbocycles. The third kappa shape index (κ3) is 5.83. The van der Waals surface area contributed by atoms with Gasteiger partial charge in [0, 0.05) is 19.1 Å². The normalized spacial score (nSPS) is 11.3. The van der Waals surface area contributed by atoms with Crippen molar-refractivity contribution in [2.45, 2.75) is 40.0 Å². The Morgan fingerprint density at radius 1 is 1.32 bits per heavy atom. The predicted molar refractivity (Wildman–Crippen MR) is 73.1 cm³/mol. The average molecular weight is 268 g/mol. The molecule has 0 unspecified atom stereocenters. The lowest BCUT2D eigenvalue weighted by Crippen LogP contribution is -2.28. The van der Waals surface area contributed by atoms with Crippen molar-refractivity contribution in [3.8, 4) is 0 Å². The Hall–Kier alpha value is -1.43. The molecule has 0 aliphatic heterocycles. The topological polar surface area (TPSA) is 79.9 Å². The number of carbonyl (C=O) groups excluding carboxylic acids is 1. The molecule has 1 heterocycles. The molecule has 0 aromatic carbocycles. The smallest absolute Gasteiger partial charge is 0.291 e. The summed E-state index contributed by atoms with van der Waals surface area (Å²) in [5, 5.41) is 9.37. The minimum Gasteiger partial charge on any atom is -0.380 e. The SMILES string of the molecule is CC(C)CCOCCNC(=O)c1n[nH]c(C(C)C)n1. The number of nitrogens with zero attached hydrogens (tertiary/aromatic N) is 2. The third-order valence-corrected chi connectivity index (χ3v) is 2.62. The maximum Gasteiger partial charge on any atom is 0.291 e. The van der Waals surface area contributed by atoms with Crippen LogP contribution in [0.1, 0.15) is 56.5 Å². The molecule has 0 saturated heterocycles. The van der Waals surface area contributed by atoms with E-state index in [1.807, 2.05) is 13.8 Å². The Morgan fingerprint density at radius 3 is 2.63 bits per heavy atom. The molecule has 0 atom stereocenters. The van der Waals surface area contributed by atoms with Crippen molar-refractivity contribution in [3.05, 3.63) is 11.6 Å². The number of aromatic amines is 1. The van der Waals surface area contributed by atoms with Crippen LogP contribution in [0.4, 0.5) is 0 Å². The summed E-state index contributed by atoms with van der Waals surface area (Å²) in [6.07, 6.45) is 1.03. The number of carbonyl (C=O) groups is 1. The molecule has 1 aromatic rings. The molecule has 0 radical (unpaired) electrons. The van der Waals surface area contributed by atoms with Crippen molar-refractivity contribution in [3.63, 3.8) is 0 Å². The molecule has 2 N–H and O–H groups in total. The summed E-state index contributed by atoms with van der Waals surface area (Å²) in [4.78, 5) is 15.8. The van der Waals surface area contributed by atoms with Gasteiger partial charge >= 0.3 is 0 Å². The molecule has 0 bridgehead atoms. The first-order valence-electron chi connectivity index (χ1n) is 6.79. The van der Waals surface area contributed by atoms with Crippen LogP contribution in [0.3, 0.4) is 0 Å². The van der Waals surface area contributed by atoms with E-state index in [4.69, 9.17) is 4.74 Å². The van der Waals surface area contributed by atoms with Crippen LogP contribution >= 0.6 is 0 Å². The molecule has 108 valence electrons. The van der Waals surface area contributed by atoms with E-state index >= 15 is 0 Å². The van der Waals surface area contributed by atoms with Crippen molar-refractivity contribution < 1.29 is 9.53 Å². The van der Waals surface area contributed by atoms with Gasteiger partial charge in [0.2, 0.25) is 5.82 Å². The number of hydrogen-bond acceptors (Lipinski definition) is 4. The quantitative estimate of drug-likeness (QED) is 0.703. The van der Waals surface area contributed by atoms with Gasteiger partial charge in [-0.05, 0) is 12.3 Å². The van der Waals surface area contributed by atoms with Crippen molar-refractivity contribution in [2.75, 3.05) is 19.8 Å². The van der Waals surface area contributed by atoms with Gasteiger partial charge in [0.05, 0.1) is 6.61 Å². The third-order valence-electron chi connectivity index (χ3n) is 2.62. The van der Waals surface area contributed by atoms with E-state index in [0.717, 1.165) is 18.9 Å². The zero-order valence-corrected chi connectivity index (χ0v) is 12.2. The maximum absolute atomic E-state index is 11.7. The highest BCUT2D eigenvalue weighted by molar-refractivity contribution is 5.90. The Kier molecular flexibility index (Phi) is 6.49. The average Bonchev–Trinajstić information content (AvgIpc) is 2.82. The van der Waals surface area contributed by atoms with Crippen molar-refractivity contribution in [1.29, 1.82) is 0 Å². The van der Waals surface area contributed by atoms with Crippen LogP contribution in [0.2, 0.25) is 0 Å². The van der Waals surface area contributed by atoms with Crippen LogP contribution in [0.15, 0.2) is 0 Å². The van der Waals surface area contributed by atoms with E-state index in [1.54, 1.807) is 0 Å². The summed E-state index contributed by atoms with van der Waals surface area (Å²) in [6, 6.07) is 0. The van der Waals surface area contributed by atoms with Gasteiger partial charge in [0.1, 0.15) is 5.82 Å². The fraction of sp³-hybridized carbons (Fsp3) is 0.769. The molecular weight excluding hydrogens is 244 g/mol. The summed E-state index contributed by atoms with van der Waals surface area (Å²) >= 11 is 0. The largest absolute Gasteiger partial charge is 0.380 e. The highest BCUT2D eigenvalue weighted by Crippen LogP contribution is 2.07. The molecule has 0 aliphatic rings. The fourth-order valence-electron chi connectivity index (χ4n) is 1.37. The second-order valence-corrected chi connectivity index (χ2v) is 5.25. The molecular formula is C13H24N4O2. The van der Waals surface area contributed by atoms with Crippen LogP contribution in [0, 0.1) is 5.92 Å². The van der Waals surface area contributed by atoms with Gasteiger partial charge in [0.25, 0.3) is 5.91 Å². The molecule has 1 aromatic heterocycles. The minimum atomic E-state index is -0.268. The van der Waals surface area contributed by atoms with Crippen LogP contribution in [0.5, 0.6) is 0 Å². The van der Waals surface area contributed by atoms with E-state index in [2.05, 4.69) is 34.3 Å². The van der Waals surface area contributed by atoms with E-state index in [0.29, 0.717) is 19.1 Å². The number of amides is 1. The lowest BCUT2D eigenvalue weighted by molar-refractivity contribution is 0.0896. The molecule has 0 aliphatic carbocycles. The summed E-state index contributed by atoms with van der Waals surface area (Å²) in [7, 11) is 0. The Morgan fingerprint density at radius 2 is 2.05 bits per heavy atom. The summed E-state index contributed by atoms with van der Waals surface area (Å²) in [5.41, 5.74) is 0. The number of H-pyrrole nitrogens is 1. The fourth-order valence-corrected chi connectivity index (χ4v) is 1.37. The molecule has 1 amide bonds. The van der Waals surface area contributed by atoms with Crippen molar-refractivity contribution in [1.82, 2.24) is 20.5 Å². The van der Waals surface area contributed by atoms with Gasteiger partial charge in [-0.25, -0.2) is 4.98 Å². The minimum absolute atomic E-state index is 0.186.